The SMILES string of the molecule is NC(=O)[C@H](NC1CCC1)C(=O)Nc1ccc(N2CCOCC2=O)cc1C(F)(F)F. The first-order chi connectivity index (χ1) is 13.7. The maximum absolute atomic E-state index is 13.6. The van der Waals surface area contributed by atoms with Crippen LogP contribution in [-0.2, 0) is 25.3 Å². The van der Waals surface area contributed by atoms with Gasteiger partial charge in [-0.15, -0.1) is 0 Å². The molecule has 158 valence electrons. The van der Waals surface area contributed by atoms with Crippen molar-refractivity contribution in [3.63, 3.8) is 0 Å². The molecule has 29 heavy (non-hydrogen) atoms. The summed E-state index contributed by atoms with van der Waals surface area (Å²) < 4.78 is 45.8. The minimum atomic E-state index is -4.79. The molecule has 1 heterocycles. The van der Waals surface area contributed by atoms with Gasteiger partial charge in [0.1, 0.15) is 6.61 Å². The van der Waals surface area contributed by atoms with Crippen molar-refractivity contribution in [3.8, 4) is 0 Å². The molecule has 0 unspecified atom stereocenters. The van der Waals surface area contributed by atoms with E-state index in [1.54, 1.807) is 0 Å². The molecule has 1 aliphatic carbocycles. The van der Waals surface area contributed by atoms with Crippen molar-refractivity contribution >= 4 is 29.1 Å². The van der Waals surface area contributed by atoms with Gasteiger partial charge in [0, 0.05) is 18.3 Å². The summed E-state index contributed by atoms with van der Waals surface area (Å²) in [5.41, 5.74) is 3.63. The van der Waals surface area contributed by atoms with Crippen LogP contribution in [0.2, 0.25) is 0 Å². The summed E-state index contributed by atoms with van der Waals surface area (Å²) in [5.74, 6) is -2.40. The molecule has 1 saturated heterocycles. The number of anilines is 2. The van der Waals surface area contributed by atoms with Crippen molar-refractivity contribution in [3.05, 3.63) is 23.8 Å². The van der Waals surface area contributed by atoms with Crippen molar-refractivity contribution in [1.82, 2.24) is 5.32 Å². The zero-order chi connectivity index (χ0) is 21.2. The molecule has 1 saturated carbocycles. The number of carbonyl (C=O) groups excluding carboxylic acids is 3. The second-order valence-electron chi connectivity index (χ2n) is 6.94. The van der Waals surface area contributed by atoms with E-state index in [4.69, 9.17) is 10.5 Å². The number of carbonyl (C=O) groups is 3. The normalized spacial score (nSPS) is 18.9. The lowest BCUT2D eigenvalue weighted by molar-refractivity contribution is -0.137. The molecule has 8 nitrogen and oxygen atoms in total. The maximum atomic E-state index is 13.6. The summed E-state index contributed by atoms with van der Waals surface area (Å²) >= 11 is 0. The van der Waals surface area contributed by atoms with Gasteiger partial charge < -0.3 is 20.7 Å². The van der Waals surface area contributed by atoms with Gasteiger partial charge in [-0.1, -0.05) is 6.42 Å². The first kappa shape index (κ1) is 21.1. The average molecular weight is 414 g/mol. The third kappa shape index (κ3) is 4.85. The number of hydrogen-bond donors (Lipinski definition) is 3. The van der Waals surface area contributed by atoms with Crippen molar-refractivity contribution in [2.24, 2.45) is 5.73 Å². The Morgan fingerprint density at radius 1 is 1.28 bits per heavy atom. The number of nitrogens with one attached hydrogen (secondary N) is 2. The smallest absolute Gasteiger partial charge is 0.370 e. The van der Waals surface area contributed by atoms with Gasteiger partial charge in [-0.3, -0.25) is 19.7 Å². The molecular formula is C18H21F3N4O4. The minimum absolute atomic E-state index is 0.0441. The molecule has 11 heteroatoms. The Bertz CT molecular complexity index is 811. The molecule has 0 aromatic heterocycles. The zero-order valence-corrected chi connectivity index (χ0v) is 15.4. The van der Waals surface area contributed by atoms with Crippen LogP contribution in [0.15, 0.2) is 18.2 Å². The highest BCUT2D eigenvalue weighted by atomic mass is 19.4. The van der Waals surface area contributed by atoms with Crippen LogP contribution in [0.25, 0.3) is 0 Å². The number of alkyl halides is 3. The van der Waals surface area contributed by atoms with Gasteiger partial charge in [0.05, 0.1) is 17.9 Å². The van der Waals surface area contributed by atoms with E-state index in [1.165, 1.54) is 11.0 Å². The van der Waals surface area contributed by atoms with Crippen LogP contribution in [-0.4, -0.2) is 49.6 Å². The fourth-order valence-electron chi connectivity index (χ4n) is 3.14. The molecule has 4 N–H and O–H groups in total. The van der Waals surface area contributed by atoms with Crippen LogP contribution >= 0.6 is 0 Å². The standard InChI is InChI=1S/C18H21F3N4O4/c19-18(20,21)12-8-11(25-6-7-29-9-14(25)26)4-5-13(12)24-17(28)15(16(22)27)23-10-2-1-3-10/h4-5,8,10,15,23H,1-3,6-7,9H2,(H2,22,27)(H,24,28)/t15-/m0/s1. The van der Waals surface area contributed by atoms with E-state index >= 15 is 0 Å². The summed E-state index contributed by atoms with van der Waals surface area (Å²) in [4.78, 5) is 37.1. The predicted molar refractivity (Wildman–Crippen MR) is 97.0 cm³/mol. The summed E-state index contributed by atoms with van der Waals surface area (Å²) in [6, 6.07) is 1.63. The Morgan fingerprint density at radius 2 is 2.00 bits per heavy atom. The van der Waals surface area contributed by atoms with Crippen LogP contribution in [0.5, 0.6) is 0 Å². The Labute approximate surface area is 164 Å². The largest absolute Gasteiger partial charge is 0.418 e. The lowest BCUT2D eigenvalue weighted by Crippen LogP contribution is -2.54. The molecule has 3 amide bonds. The molecule has 1 aromatic rings. The third-order valence-electron chi connectivity index (χ3n) is 4.92. The zero-order valence-electron chi connectivity index (χ0n) is 15.4. The number of morpholine rings is 1. The topological polar surface area (TPSA) is 114 Å². The van der Waals surface area contributed by atoms with Crippen LogP contribution in [0.3, 0.4) is 0 Å². The van der Waals surface area contributed by atoms with E-state index in [9.17, 15) is 27.6 Å². The molecule has 0 bridgehead atoms. The summed E-state index contributed by atoms with van der Waals surface area (Å²) in [6.45, 7) is 0.114. The Morgan fingerprint density at radius 3 is 2.55 bits per heavy atom. The van der Waals surface area contributed by atoms with Crippen molar-refractivity contribution < 1.29 is 32.3 Å². The van der Waals surface area contributed by atoms with Crippen LogP contribution in [0.4, 0.5) is 24.5 Å². The molecule has 1 aromatic carbocycles. The lowest BCUT2D eigenvalue weighted by atomic mass is 9.92. The van der Waals surface area contributed by atoms with E-state index in [1.807, 2.05) is 0 Å². The van der Waals surface area contributed by atoms with Gasteiger partial charge in [-0.25, -0.2) is 0 Å². The molecule has 2 fully saturated rings. The number of hydrogen-bond acceptors (Lipinski definition) is 5. The number of nitrogens with zero attached hydrogens (tertiary/aromatic N) is 1. The predicted octanol–water partition coefficient (Wildman–Crippen LogP) is 1.00. The molecule has 1 atom stereocenters. The molecule has 3 rings (SSSR count). The molecular weight excluding hydrogens is 393 g/mol. The number of halogens is 3. The summed E-state index contributed by atoms with van der Waals surface area (Å²) in [5, 5.41) is 4.91. The molecule has 1 aliphatic heterocycles. The summed E-state index contributed by atoms with van der Waals surface area (Å²) in [7, 11) is 0. The highest BCUT2D eigenvalue weighted by Crippen LogP contribution is 2.37. The van der Waals surface area contributed by atoms with Crippen LogP contribution < -0.4 is 21.3 Å². The lowest BCUT2D eigenvalue weighted by Gasteiger charge is -2.30. The van der Waals surface area contributed by atoms with Gasteiger partial charge in [-0.2, -0.15) is 13.2 Å². The van der Waals surface area contributed by atoms with E-state index in [-0.39, 0.29) is 31.5 Å². The van der Waals surface area contributed by atoms with E-state index in [0.717, 1.165) is 31.4 Å². The highest BCUT2D eigenvalue weighted by Gasteiger charge is 2.37. The minimum Gasteiger partial charge on any atom is -0.370 e. The first-order valence-corrected chi connectivity index (χ1v) is 9.12. The van der Waals surface area contributed by atoms with Crippen molar-refractivity contribution in [2.45, 2.75) is 37.5 Å². The monoisotopic (exact) mass is 414 g/mol. The molecule has 0 spiro atoms. The fraction of sp³-hybridized carbons (Fsp3) is 0.500. The number of benzene rings is 1. The fourth-order valence-corrected chi connectivity index (χ4v) is 3.14. The van der Waals surface area contributed by atoms with E-state index in [0.29, 0.717) is 0 Å². The number of amides is 3. The van der Waals surface area contributed by atoms with Crippen molar-refractivity contribution in [1.29, 1.82) is 0 Å². The first-order valence-electron chi connectivity index (χ1n) is 9.12. The highest BCUT2D eigenvalue weighted by molar-refractivity contribution is 6.10. The van der Waals surface area contributed by atoms with Gasteiger partial charge >= 0.3 is 6.18 Å². The second kappa shape index (κ2) is 8.37. The van der Waals surface area contributed by atoms with Gasteiger partial charge in [-0.05, 0) is 31.0 Å². The van der Waals surface area contributed by atoms with Crippen LogP contribution in [0, 0.1) is 0 Å². The Hall–Kier alpha value is -2.66. The quantitative estimate of drug-likeness (QED) is 0.601. The van der Waals surface area contributed by atoms with E-state index in [2.05, 4.69) is 10.6 Å². The molecule has 0 radical (unpaired) electrons. The Balaban J connectivity index is 1.84. The number of primary amides is 1. The van der Waals surface area contributed by atoms with Gasteiger partial charge in [0.2, 0.25) is 5.91 Å². The summed E-state index contributed by atoms with van der Waals surface area (Å²) in [6.07, 6.45) is -2.34. The maximum Gasteiger partial charge on any atom is 0.418 e. The van der Waals surface area contributed by atoms with E-state index < -0.39 is 41.2 Å². The number of rotatable bonds is 6. The third-order valence-corrected chi connectivity index (χ3v) is 4.92. The second-order valence-corrected chi connectivity index (χ2v) is 6.94. The number of ether oxygens (including phenoxy) is 1. The van der Waals surface area contributed by atoms with Gasteiger partial charge in [0.15, 0.2) is 6.04 Å². The van der Waals surface area contributed by atoms with Gasteiger partial charge in [0.25, 0.3) is 11.8 Å². The molecule has 2 aliphatic rings. The Kier molecular flexibility index (Phi) is 6.08. The van der Waals surface area contributed by atoms with Crippen LogP contribution in [0.1, 0.15) is 24.8 Å². The van der Waals surface area contributed by atoms with Crippen molar-refractivity contribution in [2.75, 3.05) is 30.0 Å². The average Bonchev–Trinajstić information content (AvgIpc) is 2.60. The number of nitrogens with two attached hydrogens (primary N) is 1.